The lowest BCUT2D eigenvalue weighted by molar-refractivity contribution is -0.137. The zero-order valence-electron chi connectivity index (χ0n) is 18.4. The van der Waals surface area contributed by atoms with E-state index in [0.717, 1.165) is 46.4 Å². The quantitative estimate of drug-likeness (QED) is 0.437. The Balaban J connectivity index is 1.56. The lowest BCUT2D eigenvalue weighted by Crippen LogP contribution is -2.41. The molecule has 1 amide bonds. The number of benzene rings is 1. The first-order chi connectivity index (χ1) is 16.7. The number of carbonyl (C=O) groups excluding carboxylic acids is 1. The SMILES string of the molecule is O=C(Cn1c(=O)n(Cc2ccco2)c(=O)c2c3c(sc21)CCCC3)Nc1cccc(C(F)(F)F)c1. The number of aromatic nitrogens is 2. The van der Waals surface area contributed by atoms with Crippen LogP contribution in [0.25, 0.3) is 10.2 Å². The number of furan rings is 1. The van der Waals surface area contributed by atoms with E-state index in [4.69, 9.17) is 4.42 Å². The van der Waals surface area contributed by atoms with Crippen LogP contribution >= 0.6 is 11.3 Å². The number of anilines is 1. The van der Waals surface area contributed by atoms with E-state index >= 15 is 0 Å². The molecule has 0 spiro atoms. The van der Waals surface area contributed by atoms with Crippen molar-refractivity contribution >= 4 is 33.1 Å². The van der Waals surface area contributed by atoms with E-state index in [-0.39, 0.29) is 12.2 Å². The Morgan fingerprint density at radius 2 is 1.89 bits per heavy atom. The highest BCUT2D eigenvalue weighted by Crippen LogP contribution is 2.34. The largest absolute Gasteiger partial charge is 0.467 e. The molecule has 35 heavy (non-hydrogen) atoms. The van der Waals surface area contributed by atoms with Gasteiger partial charge in [0.1, 0.15) is 17.1 Å². The molecule has 0 unspecified atom stereocenters. The van der Waals surface area contributed by atoms with Gasteiger partial charge in [0.15, 0.2) is 0 Å². The minimum atomic E-state index is -4.55. The second-order valence-electron chi connectivity index (χ2n) is 8.36. The van der Waals surface area contributed by atoms with Gasteiger partial charge in [-0.05, 0) is 61.6 Å². The maximum atomic E-state index is 13.4. The third kappa shape index (κ3) is 4.43. The molecule has 0 saturated carbocycles. The van der Waals surface area contributed by atoms with E-state index in [1.165, 1.54) is 34.3 Å². The van der Waals surface area contributed by atoms with Crippen LogP contribution in [0.5, 0.6) is 0 Å². The maximum Gasteiger partial charge on any atom is 0.416 e. The summed E-state index contributed by atoms with van der Waals surface area (Å²) in [6.45, 7) is -0.552. The van der Waals surface area contributed by atoms with Crippen molar-refractivity contribution < 1.29 is 22.4 Å². The molecule has 182 valence electrons. The highest BCUT2D eigenvalue weighted by molar-refractivity contribution is 7.18. The average Bonchev–Trinajstić information content (AvgIpc) is 3.47. The summed E-state index contributed by atoms with van der Waals surface area (Å²) in [6.07, 6.45) is 0.275. The fraction of sp³-hybridized carbons (Fsp3) is 0.292. The number of aryl methyl sites for hydroxylation is 2. The van der Waals surface area contributed by atoms with Gasteiger partial charge in [-0.3, -0.25) is 18.7 Å². The van der Waals surface area contributed by atoms with Crippen LogP contribution in [0.3, 0.4) is 0 Å². The van der Waals surface area contributed by atoms with Crippen LogP contribution in [-0.2, 0) is 36.9 Å². The third-order valence-electron chi connectivity index (χ3n) is 5.99. The van der Waals surface area contributed by atoms with E-state index in [9.17, 15) is 27.6 Å². The minimum Gasteiger partial charge on any atom is -0.467 e. The first-order valence-corrected chi connectivity index (χ1v) is 11.8. The van der Waals surface area contributed by atoms with E-state index < -0.39 is 35.4 Å². The molecule has 5 rings (SSSR count). The van der Waals surface area contributed by atoms with Gasteiger partial charge in [0.05, 0.1) is 23.8 Å². The number of fused-ring (bicyclic) bond motifs is 3. The van der Waals surface area contributed by atoms with E-state index in [0.29, 0.717) is 22.4 Å². The first-order valence-electron chi connectivity index (χ1n) is 11.0. The van der Waals surface area contributed by atoms with Crippen molar-refractivity contribution in [1.82, 2.24) is 9.13 Å². The number of thiophene rings is 1. The monoisotopic (exact) mass is 503 g/mol. The predicted molar refractivity (Wildman–Crippen MR) is 125 cm³/mol. The van der Waals surface area contributed by atoms with Crippen LogP contribution in [0.1, 0.15) is 34.6 Å². The topological polar surface area (TPSA) is 86.2 Å². The van der Waals surface area contributed by atoms with Crippen molar-refractivity contribution in [2.45, 2.75) is 44.9 Å². The molecule has 0 bridgehead atoms. The number of hydrogen-bond acceptors (Lipinski definition) is 5. The molecule has 0 fully saturated rings. The molecule has 0 radical (unpaired) electrons. The molecule has 7 nitrogen and oxygen atoms in total. The second kappa shape index (κ2) is 8.88. The Bertz CT molecular complexity index is 1530. The second-order valence-corrected chi connectivity index (χ2v) is 9.44. The predicted octanol–water partition coefficient (Wildman–Crippen LogP) is 4.40. The number of alkyl halides is 3. The average molecular weight is 504 g/mol. The summed E-state index contributed by atoms with van der Waals surface area (Å²) in [7, 11) is 0. The van der Waals surface area contributed by atoms with Gasteiger partial charge in [0, 0.05) is 10.6 Å². The number of amides is 1. The summed E-state index contributed by atoms with van der Waals surface area (Å²) in [5.74, 6) is -0.269. The number of hydrogen-bond donors (Lipinski definition) is 1. The van der Waals surface area contributed by atoms with Gasteiger partial charge in [-0.1, -0.05) is 6.07 Å². The van der Waals surface area contributed by atoms with Crippen molar-refractivity contribution in [3.8, 4) is 0 Å². The number of rotatable bonds is 5. The van der Waals surface area contributed by atoms with Crippen molar-refractivity contribution in [3.05, 3.63) is 85.3 Å². The summed E-state index contributed by atoms with van der Waals surface area (Å²) < 4.78 is 46.7. The summed E-state index contributed by atoms with van der Waals surface area (Å²) in [6, 6.07) is 7.56. The Morgan fingerprint density at radius 1 is 1.09 bits per heavy atom. The summed E-state index contributed by atoms with van der Waals surface area (Å²) in [5, 5.41) is 2.86. The molecule has 3 aromatic heterocycles. The van der Waals surface area contributed by atoms with Crippen LogP contribution < -0.4 is 16.6 Å². The van der Waals surface area contributed by atoms with E-state index in [1.54, 1.807) is 12.1 Å². The molecule has 1 aliphatic carbocycles. The van der Waals surface area contributed by atoms with E-state index in [2.05, 4.69) is 5.32 Å². The number of nitrogens with one attached hydrogen (secondary N) is 1. The van der Waals surface area contributed by atoms with Gasteiger partial charge >= 0.3 is 11.9 Å². The maximum absolute atomic E-state index is 13.4. The van der Waals surface area contributed by atoms with Gasteiger partial charge in [0.2, 0.25) is 5.91 Å². The van der Waals surface area contributed by atoms with Gasteiger partial charge in [-0.25, -0.2) is 4.79 Å². The summed E-state index contributed by atoms with van der Waals surface area (Å²) in [5.41, 5.74) is -1.15. The van der Waals surface area contributed by atoms with Gasteiger partial charge in [-0.2, -0.15) is 13.2 Å². The third-order valence-corrected chi connectivity index (χ3v) is 7.30. The molecule has 1 aromatic carbocycles. The number of halogens is 3. The van der Waals surface area contributed by atoms with Gasteiger partial charge < -0.3 is 9.73 Å². The van der Waals surface area contributed by atoms with Crippen LogP contribution in [0.15, 0.2) is 56.7 Å². The Hall–Kier alpha value is -3.60. The first kappa shape index (κ1) is 23.2. The lowest BCUT2D eigenvalue weighted by atomic mass is 9.97. The van der Waals surface area contributed by atoms with Crippen LogP contribution in [0.4, 0.5) is 18.9 Å². The number of carbonyl (C=O) groups is 1. The Labute approximate surface area is 200 Å². The fourth-order valence-corrected chi connectivity index (χ4v) is 5.74. The highest BCUT2D eigenvalue weighted by atomic mass is 32.1. The molecular weight excluding hydrogens is 483 g/mol. The van der Waals surface area contributed by atoms with Crippen molar-refractivity contribution in [2.24, 2.45) is 0 Å². The van der Waals surface area contributed by atoms with Gasteiger partial charge in [-0.15, -0.1) is 11.3 Å². The molecule has 0 atom stereocenters. The molecule has 0 aliphatic heterocycles. The Kier molecular flexibility index (Phi) is 5.87. The van der Waals surface area contributed by atoms with Crippen molar-refractivity contribution in [3.63, 3.8) is 0 Å². The smallest absolute Gasteiger partial charge is 0.416 e. The van der Waals surface area contributed by atoms with E-state index in [1.807, 2.05) is 0 Å². The fourth-order valence-electron chi connectivity index (χ4n) is 4.37. The minimum absolute atomic E-state index is 0.0384. The Morgan fingerprint density at radius 3 is 2.63 bits per heavy atom. The van der Waals surface area contributed by atoms with Crippen LogP contribution in [-0.4, -0.2) is 15.0 Å². The summed E-state index contributed by atoms with van der Waals surface area (Å²) >= 11 is 1.32. The van der Waals surface area contributed by atoms with Gasteiger partial charge in [0.25, 0.3) is 5.56 Å². The molecule has 4 aromatic rings. The molecule has 1 N–H and O–H groups in total. The molecular formula is C24H20F3N3O4S. The molecule has 3 heterocycles. The zero-order chi connectivity index (χ0) is 24.7. The van der Waals surface area contributed by atoms with Crippen molar-refractivity contribution in [1.29, 1.82) is 0 Å². The molecule has 0 saturated heterocycles. The molecule has 1 aliphatic rings. The number of nitrogens with zero attached hydrogens (tertiary/aromatic N) is 2. The normalized spacial score (nSPS) is 13.7. The van der Waals surface area contributed by atoms with Crippen LogP contribution in [0.2, 0.25) is 0 Å². The summed E-state index contributed by atoms with van der Waals surface area (Å²) in [4.78, 5) is 41.0. The molecule has 11 heteroatoms. The van der Waals surface area contributed by atoms with Crippen molar-refractivity contribution in [2.75, 3.05) is 5.32 Å². The lowest BCUT2D eigenvalue weighted by Gasteiger charge is -2.13. The zero-order valence-corrected chi connectivity index (χ0v) is 19.2. The van der Waals surface area contributed by atoms with Crippen LogP contribution in [0, 0.1) is 0 Å². The highest BCUT2D eigenvalue weighted by Gasteiger charge is 2.30. The standard InChI is InChI=1S/C24H20F3N3O4S/c25-24(26,27)14-5-3-6-15(11-14)28-19(31)13-30-22-20(17-8-1-2-9-18(17)35-22)21(32)29(23(30)33)12-16-7-4-10-34-16/h3-7,10-11H,1-2,8-9,12-13H2,(H,28,31).